The summed E-state index contributed by atoms with van der Waals surface area (Å²) in [6, 6.07) is 0. The molecule has 0 aliphatic carbocycles. The zero-order chi connectivity index (χ0) is 11.9. The summed E-state index contributed by atoms with van der Waals surface area (Å²) < 4.78 is 5.33. The van der Waals surface area contributed by atoms with Gasteiger partial charge in [0.15, 0.2) is 0 Å². The Morgan fingerprint density at radius 2 is 2.07 bits per heavy atom. The molecule has 0 aliphatic heterocycles. The topological polar surface area (TPSA) is 38.3 Å². The molecule has 15 heavy (non-hydrogen) atoms. The van der Waals surface area contributed by atoms with Crippen molar-refractivity contribution in [2.75, 3.05) is 13.2 Å². The fraction of sp³-hybridized carbons (Fsp3) is 0.909. The molecular weight excluding hydrogens is 214 g/mol. The van der Waals surface area contributed by atoms with E-state index in [9.17, 15) is 4.79 Å². The standard InChI is InChI=1S/C11H22ClNO2/c1-5-6-9(12)7-13-10(14)8-15-11(2,3)4/h9H,5-8H2,1-4H3,(H,13,14). The first kappa shape index (κ1) is 14.7. The molecule has 3 nitrogen and oxygen atoms in total. The first-order valence-corrected chi connectivity index (χ1v) is 5.83. The molecule has 0 aromatic carbocycles. The number of carbonyl (C=O) groups excluding carboxylic acids is 1. The average Bonchev–Trinajstić information content (AvgIpc) is 2.11. The summed E-state index contributed by atoms with van der Waals surface area (Å²) in [5.74, 6) is -0.105. The fourth-order valence-corrected chi connectivity index (χ4v) is 1.27. The van der Waals surface area contributed by atoms with E-state index in [0.29, 0.717) is 6.54 Å². The summed E-state index contributed by atoms with van der Waals surface area (Å²) in [7, 11) is 0. The summed E-state index contributed by atoms with van der Waals surface area (Å²) in [6.45, 7) is 8.44. The Kier molecular flexibility index (Phi) is 6.94. The molecule has 90 valence electrons. The molecule has 1 N–H and O–H groups in total. The number of amides is 1. The van der Waals surface area contributed by atoms with Crippen LogP contribution in [-0.4, -0.2) is 30.0 Å². The number of hydrogen-bond donors (Lipinski definition) is 1. The van der Waals surface area contributed by atoms with Crippen molar-refractivity contribution in [3.63, 3.8) is 0 Å². The Morgan fingerprint density at radius 1 is 1.47 bits per heavy atom. The van der Waals surface area contributed by atoms with E-state index in [-0.39, 0.29) is 23.5 Å². The fourth-order valence-electron chi connectivity index (χ4n) is 0.973. The molecule has 0 heterocycles. The summed E-state index contributed by atoms with van der Waals surface area (Å²) in [5.41, 5.74) is -0.277. The van der Waals surface area contributed by atoms with Gasteiger partial charge in [0.1, 0.15) is 6.61 Å². The van der Waals surface area contributed by atoms with Gasteiger partial charge in [-0.3, -0.25) is 4.79 Å². The minimum absolute atomic E-state index is 0.0218. The van der Waals surface area contributed by atoms with Crippen LogP contribution < -0.4 is 5.32 Å². The molecule has 0 aromatic heterocycles. The maximum atomic E-state index is 11.3. The molecule has 0 bridgehead atoms. The van der Waals surface area contributed by atoms with Crippen molar-refractivity contribution in [2.45, 2.75) is 51.5 Å². The second-order valence-corrected chi connectivity index (χ2v) is 5.21. The molecule has 0 spiro atoms. The monoisotopic (exact) mass is 235 g/mol. The van der Waals surface area contributed by atoms with E-state index in [2.05, 4.69) is 12.2 Å². The van der Waals surface area contributed by atoms with Gasteiger partial charge in [-0.15, -0.1) is 11.6 Å². The number of hydrogen-bond acceptors (Lipinski definition) is 2. The molecule has 1 unspecified atom stereocenters. The van der Waals surface area contributed by atoms with Gasteiger partial charge in [0, 0.05) is 6.54 Å². The van der Waals surface area contributed by atoms with E-state index >= 15 is 0 Å². The minimum atomic E-state index is -0.277. The molecule has 0 aromatic rings. The SMILES string of the molecule is CCCC(Cl)CNC(=O)COC(C)(C)C. The first-order valence-electron chi connectivity index (χ1n) is 5.40. The molecule has 0 radical (unpaired) electrons. The normalized spacial score (nSPS) is 13.7. The van der Waals surface area contributed by atoms with Crippen LogP contribution in [0.25, 0.3) is 0 Å². The number of alkyl halides is 1. The lowest BCUT2D eigenvalue weighted by Gasteiger charge is -2.19. The Morgan fingerprint density at radius 3 is 2.53 bits per heavy atom. The van der Waals surface area contributed by atoms with Crippen LogP contribution in [-0.2, 0) is 9.53 Å². The number of rotatable bonds is 6. The van der Waals surface area contributed by atoms with Crippen molar-refractivity contribution in [3.8, 4) is 0 Å². The molecule has 4 heteroatoms. The highest BCUT2D eigenvalue weighted by Gasteiger charge is 2.13. The summed E-state index contributed by atoms with van der Waals surface area (Å²) in [4.78, 5) is 11.3. The summed E-state index contributed by atoms with van der Waals surface area (Å²) in [5, 5.41) is 2.77. The summed E-state index contributed by atoms with van der Waals surface area (Å²) in [6.07, 6.45) is 1.95. The van der Waals surface area contributed by atoms with Gasteiger partial charge in [-0.05, 0) is 27.2 Å². The van der Waals surface area contributed by atoms with Gasteiger partial charge in [-0.2, -0.15) is 0 Å². The second kappa shape index (κ2) is 7.07. The van der Waals surface area contributed by atoms with Crippen molar-refractivity contribution in [1.82, 2.24) is 5.32 Å². The van der Waals surface area contributed by atoms with Gasteiger partial charge >= 0.3 is 0 Å². The van der Waals surface area contributed by atoms with Gasteiger partial charge in [-0.1, -0.05) is 13.3 Å². The van der Waals surface area contributed by atoms with E-state index in [0.717, 1.165) is 12.8 Å². The quantitative estimate of drug-likeness (QED) is 0.718. The van der Waals surface area contributed by atoms with Gasteiger partial charge in [0.05, 0.1) is 11.0 Å². The van der Waals surface area contributed by atoms with Crippen molar-refractivity contribution >= 4 is 17.5 Å². The Hall–Kier alpha value is -0.280. The lowest BCUT2D eigenvalue weighted by molar-refractivity contribution is -0.130. The van der Waals surface area contributed by atoms with Gasteiger partial charge in [0.2, 0.25) is 5.91 Å². The molecule has 1 amide bonds. The van der Waals surface area contributed by atoms with Gasteiger partial charge in [0.25, 0.3) is 0 Å². The third-order valence-electron chi connectivity index (χ3n) is 1.76. The highest BCUT2D eigenvalue weighted by molar-refractivity contribution is 6.20. The Bertz CT molecular complexity index is 190. The van der Waals surface area contributed by atoms with Crippen LogP contribution in [0, 0.1) is 0 Å². The number of ether oxygens (including phenoxy) is 1. The molecule has 1 atom stereocenters. The van der Waals surface area contributed by atoms with Crippen LogP contribution in [0.15, 0.2) is 0 Å². The lowest BCUT2D eigenvalue weighted by atomic mass is 10.2. The first-order chi connectivity index (χ1) is 6.85. The van der Waals surface area contributed by atoms with Crippen LogP contribution in [0.1, 0.15) is 40.5 Å². The zero-order valence-corrected chi connectivity index (χ0v) is 10.9. The number of nitrogens with one attached hydrogen (secondary N) is 1. The van der Waals surface area contributed by atoms with Crippen LogP contribution in [0.4, 0.5) is 0 Å². The second-order valence-electron chi connectivity index (χ2n) is 4.59. The van der Waals surface area contributed by atoms with E-state index in [4.69, 9.17) is 16.3 Å². The Balaban J connectivity index is 3.58. The predicted molar refractivity (Wildman–Crippen MR) is 63.3 cm³/mol. The molecular formula is C11H22ClNO2. The number of carbonyl (C=O) groups is 1. The average molecular weight is 236 g/mol. The Labute approximate surface area is 97.5 Å². The minimum Gasteiger partial charge on any atom is -0.366 e. The van der Waals surface area contributed by atoms with Crippen LogP contribution in [0.5, 0.6) is 0 Å². The van der Waals surface area contributed by atoms with Crippen LogP contribution in [0.2, 0.25) is 0 Å². The van der Waals surface area contributed by atoms with E-state index in [1.165, 1.54) is 0 Å². The smallest absolute Gasteiger partial charge is 0.246 e. The largest absolute Gasteiger partial charge is 0.366 e. The third-order valence-corrected chi connectivity index (χ3v) is 2.13. The predicted octanol–water partition coefficient (Wildman–Crippen LogP) is 2.33. The maximum Gasteiger partial charge on any atom is 0.246 e. The molecule has 0 rings (SSSR count). The van der Waals surface area contributed by atoms with Crippen molar-refractivity contribution in [2.24, 2.45) is 0 Å². The maximum absolute atomic E-state index is 11.3. The van der Waals surface area contributed by atoms with Gasteiger partial charge < -0.3 is 10.1 Å². The van der Waals surface area contributed by atoms with E-state index in [1.807, 2.05) is 20.8 Å². The van der Waals surface area contributed by atoms with Crippen molar-refractivity contribution in [3.05, 3.63) is 0 Å². The molecule has 0 saturated heterocycles. The third kappa shape index (κ3) is 10.0. The van der Waals surface area contributed by atoms with Crippen LogP contribution >= 0.6 is 11.6 Å². The highest BCUT2D eigenvalue weighted by atomic mass is 35.5. The van der Waals surface area contributed by atoms with Crippen molar-refractivity contribution in [1.29, 1.82) is 0 Å². The number of halogens is 1. The highest BCUT2D eigenvalue weighted by Crippen LogP contribution is 2.06. The van der Waals surface area contributed by atoms with Crippen LogP contribution in [0.3, 0.4) is 0 Å². The molecule has 0 saturated carbocycles. The zero-order valence-electron chi connectivity index (χ0n) is 10.1. The molecule has 0 aliphatic rings. The van der Waals surface area contributed by atoms with Gasteiger partial charge in [-0.25, -0.2) is 0 Å². The lowest BCUT2D eigenvalue weighted by Crippen LogP contribution is -2.35. The van der Waals surface area contributed by atoms with E-state index < -0.39 is 0 Å². The van der Waals surface area contributed by atoms with Crippen molar-refractivity contribution < 1.29 is 9.53 Å². The molecule has 0 fully saturated rings. The summed E-state index contributed by atoms with van der Waals surface area (Å²) >= 11 is 5.96. The van der Waals surface area contributed by atoms with E-state index in [1.54, 1.807) is 0 Å².